The Morgan fingerprint density at radius 1 is 1.10 bits per heavy atom. The van der Waals surface area contributed by atoms with Crippen LogP contribution in [-0.4, -0.2) is 12.5 Å². The van der Waals surface area contributed by atoms with E-state index in [4.69, 9.17) is 23.2 Å². The molecule has 0 saturated heterocycles. The number of carbonyl (C=O) groups excluding carboxylic acids is 1. The van der Waals surface area contributed by atoms with E-state index in [2.05, 4.69) is 0 Å². The topological polar surface area (TPSA) is 20.3 Å². The number of carbonyl (C=O) groups is 1. The van der Waals surface area contributed by atoms with Crippen molar-refractivity contribution in [3.63, 3.8) is 0 Å². The molecule has 21 heavy (non-hydrogen) atoms. The molecule has 0 unspecified atom stereocenters. The number of rotatable bonds is 3. The maximum absolute atomic E-state index is 13.3. The van der Waals surface area contributed by atoms with E-state index in [9.17, 15) is 13.6 Å². The fraction of sp³-hybridized carbons (Fsp3) is 0.133. The van der Waals surface area contributed by atoms with Crippen LogP contribution in [-0.2, 0) is 0 Å². The van der Waals surface area contributed by atoms with E-state index in [1.165, 1.54) is 23.1 Å². The van der Waals surface area contributed by atoms with Crippen LogP contribution in [0.2, 0.25) is 10.0 Å². The van der Waals surface area contributed by atoms with Crippen LogP contribution in [0.4, 0.5) is 14.5 Å². The molecule has 0 fully saturated rings. The number of benzene rings is 2. The Morgan fingerprint density at radius 2 is 1.81 bits per heavy atom. The summed E-state index contributed by atoms with van der Waals surface area (Å²) >= 11 is 11.9. The van der Waals surface area contributed by atoms with Crippen molar-refractivity contribution in [2.45, 2.75) is 6.92 Å². The first-order valence-corrected chi connectivity index (χ1v) is 6.91. The normalized spacial score (nSPS) is 10.5. The molecule has 2 nitrogen and oxygen atoms in total. The third-order valence-corrected chi connectivity index (χ3v) is 3.50. The predicted octanol–water partition coefficient (Wildman–Crippen LogP) is 4.94. The van der Waals surface area contributed by atoms with Crippen molar-refractivity contribution in [1.82, 2.24) is 0 Å². The van der Waals surface area contributed by atoms with Crippen molar-refractivity contribution in [3.05, 3.63) is 63.6 Å². The minimum Gasteiger partial charge on any atom is -0.308 e. The van der Waals surface area contributed by atoms with Gasteiger partial charge in [-0.3, -0.25) is 4.79 Å². The molecule has 0 radical (unpaired) electrons. The summed E-state index contributed by atoms with van der Waals surface area (Å²) in [7, 11) is 0. The van der Waals surface area contributed by atoms with Crippen LogP contribution in [0.3, 0.4) is 0 Å². The van der Waals surface area contributed by atoms with Crippen LogP contribution in [0.1, 0.15) is 17.3 Å². The minimum atomic E-state index is -1.02. The van der Waals surface area contributed by atoms with Gasteiger partial charge >= 0.3 is 0 Å². The molecule has 1 amide bonds. The van der Waals surface area contributed by atoms with Crippen LogP contribution in [0.25, 0.3) is 0 Å². The summed E-state index contributed by atoms with van der Waals surface area (Å²) in [5.41, 5.74) is 0.452. The Morgan fingerprint density at radius 3 is 2.43 bits per heavy atom. The van der Waals surface area contributed by atoms with E-state index in [1.807, 2.05) is 0 Å². The lowest BCUT2D eigenvalue weighted by molar-refractivity contribution is 0.0988. The lowest BCUT2D eigenvalue weighted by atomic mass is 10.1. The number of nitrogens with zero attached hydrogens (tertiary/aromatic N) is 1. The van der Waals surface area contributed by atoms with Gasteiger partial charge in [0.1, 0.15) is 0 Å². The van der Waals surface area contributed by atoms with Crippen molar-refractivity contribution < 1.29 is 13.6 Å². The van der Waals surface area contributed by atoms with E-state index in [0.717, 1.165) is 12.1 Å². The zero-order valence-electron chi connectivity index (χ0n) is 11.0. The van der Waals surface area contributed by atoms with Gasteiger partial charge in [-0.1, -0.05) is 23.2 Å². The number of halogens is 4. The summed E-state index contributed by atoms with van der Waals surface area (Å²) in [6, 6.07) is 7.78. The van der Waals surface area contributed by atoms with E-state index < -0.39 is 17.5 Å². The molecule has 110 valence electrons. The van der Waals surface area contributed by atoms with Gasteiger partial charge in [0, 0.05) is 23.3 Å². The fourth-order valence-electron chi connectivity index (χ4n) is 1.90. The van der Waals surface area contributed by atoms with Gasteiger partial charge in [-0.05, 0) is 37.3 Å². The molecule has 2 rings (SSSR count). The summed E-state index contributed by atoms with van der Waals surface area (Å²) in [6.45, 7) is 1.99. The van der Waals surface area contributed by atoms with Crippen LogP contribution >= 0.6 is 23.2 Å². The lowest BCUT2D eigenvalue weighted by Crippen LogP contribution is -2.31. The third-order valence-electron chi connectivity index (χ3n) is 2.94. The number of amides is 1. The molecule has 0 aliphatic heterocycles. The zero-order valence-corrected chi connectivity index (χ0v) is 12.6. The summed E-state index contributed by atoms with van der Waals surface area (Å²) in [6.07, 6.45) is 0. The van der Waals surface area contributed by atoms with Crippen LogP contribution in [0.5, 0.6) is 0 Å². The average molecular weight is 330 g/mol. The van der Waals surface area contributed by atoms with Gasteiger partial charge in [-0.15, -0.1) is 0 Å². The zero-order chi connectivity index (χ0) is 15.6. The Labute approximate surface area is 130 Å². The molecular weight excluding hydrogens is 319 g/mol. The van der Waals surface area contributed by atoms with Gasteiger partial charge < -0.3 is 4.90 Å². The monoisotopic (exact) mass is 329 g/mol. The molecule has 0 heterocycles. The molecule has 0 saturated carbocycles. The second-order valence-corrected chi connectivity index (χ2v) is 5.12. The Bertz CT molecular complexity index is 691. The van der Waals surface area contributed by atoms with E-state index in [1.54, 1.807) is 13.0 Å². The van der Waals surface area contributed by atoms with E-state index in [-0.39, 0.29) is 22.8 Å². The van der Waals surface area contributed by atoms with Crippen molar-refractivity contribution in [3.8, 4) is 0 Å². The quantitative estimate of drug-likeness (QED) is 0.781. The molecule has 6 heteroatoms. The number of hydrogen-bond donors (Lipinski definition) is 0. The van der Waals surface area contributed by atoms with Crippen LogP contribution in [0, 0.1) is 11.6 Å². The first kappa shape index (κ1) is 15.7. The molecule has 2 aromatic rings. The largest absolute Gasteiger partial charge is 0.308 e. The summed E-state index contributed by atoms with van der Waals surface area (Å²) in [5, 5.41) is 0.606. The first-order valence-electron chi connectivity index (χ1n) is 6.16. The predicted molar refractivity (Wildman–Crippen MR) is 80.2 cm³/mol. The second-order valence-electron chi connectivity index (χ2n) is 4.27. The maximum Gasteiger partial charge on any atom is 0.259 e. The molecular formula is C15H11Cl2F2NO. The smallest absolute Gasteiger partial charge is 0.259 e. The van der Waals surface area contributed by atoms with Crippen molar-refractivity contribution in [2.24, 2.45) is 0 Å². The highest BCUT2D eigenvalue weighted by Crippen LogP contribution is 2.25. The molecule has 0 aromatic heterocycles. The second kappa shape index (κ2) is 6.41. The molecule has 0 spiro atoms. The first-order chi connectivity index (χ1) is 9.93. The van der Waals surface area contributed by atoms with Crippen LogP contribution in [0.15, 0.2) is 36.4 Å². The van der Waals surface area contributed by atoms with Gasteiger partial charge in [0.15, 0.2) is 11.6 Å². The maximum atomic E-state index is 13.3. The highest BCUT2D eigenvalue weighted by molar-refractivity contribution is 6.36. The SMILES string of the molecule is CCN(C(=O)c1cc(Cl)ccc1Cl)c1ccc(F)c(F)c1. The summed E-state index contributed by atoms with van der Waals surface area (Å²) in [4.78, 5) is 13.8. The lowest BCUT2D eigenvalue weighted by Gasteiger charge is -2.22. The van der Waals surface area contributed by atoms with Gasteiger partial charge in [0.2, 0.25) is 0 Å². The fourth-order valence-corrected chi connectivity index (χ4v) is 2.27. The minimum absolute atomic E-state index is 0.204. The molecule has 0 N–H and O–H groups in total. The molecule has 2 aromatic carbocycles. The number of anilines is 1. The van der Waals surface area contributed by atoms with E-state index in [0.29, 0.717) is 5.02 Å². The summed E-state index contributed by atoms with van der Waals surface area (Å²) < 4.78 is 26.3. The van der Waals surface area contributed by atoms with Gasteiger partial charge in [0.05, 0.1) is 10.6 Å². The van der Waals surface area contributed by atoms with Gasteiger partial charge in [0.25, 0.3) is 5.91 Å². The Hall–Kier alpha value is -1.65. The van der Waals surface area contributed by atoms with Gasteiger partial charge in [-0.25, -0.2) is 8.78 Å². The van der Waals surface area contributed by atoms with Crippen LogP contribution < -0.4 is 4.90 Å². The standard InChI is InChI=1S/C15H11Cl2F2NO/c1-2-20(10-4-6-13(18)14(19)8-10)15(21)11-7-9(16)3-5-12(11)17/h3-8H,2H2,1H3. The molecule has 0 atom stereocenters. The Balaban J connectivity index is 2.43. The van der Waals surface area contributed by atoms with Crippen molar-refractivity contribution >= 4 is 34.8 Å². The Kier molecular flexibility index (Phi) is 4.80. The molecule has 0 bridgehead atoms. The molecule has 0 aliphatic rings. The highest BCUT2D eigenvalue weighted by atomic mass is 35.5. The van der Waals surface area contributed by atoms with Crippen molar-refractivity contribution in [1.29, 1.82) is 0 Å². The third kappa shape index (κ3) is 3.34. The number of hydrogen-bond acceptors (Lipinski definition) is 1. The highest BCUT2D eigenvalue weighted by Gasteiger charge is 2.20. The van der Waals surface area contributed by atoms with Crippen molar-refractivity contribution in [2.75, 3.05) is 11.4 Å². The summed E-state index contributed by atoms with van der Waals surface area (Å²) in [5.74, 6) is -2.42. The van der Waals surface area contributed by atoms with Gasteiger partial charge in [-0.2, -0.15) is 0 Å². The molecule has 0 aliphatic carbocycles. The average Bonchev–Trinajstić information content (AvgIpc) is 2.46. The van der Waals surface area contributed by atoms with E-state index >= 15 is 0 Å².